The predicted octanol–water partition coefficient (Wildman–Crippen LogP) is 6.06. The van der Waals surface area contributed by atoms with E-state index in [2.05, 4.69) is 5.32 Å². The zero-order chi connectivity index (χ0) is 33.1. The molecule has 0 aliphatic rings. The normalized spacial score (nSPS) is 11.8. The van der Waals surface area contributed by atoms with Crippen LogP contribution in [0.25, 0.3) is 0 Å². The number of hydrogen-bond donors (Lipinski definition) is 1. The largest absolute Gasteiger partial charge is 0.492 e. The van der Waals surface area contributed by atoms with Crippen LogP contribution in [0.2, 0.25) is 0 Å². The second-order valence-corrected chi connectivity index (χ2v) is 13.0. The van der Waals surface area contributed by atoms with Crippen molar-refractivity contribution >= 4 is 27.5 Å². The maximum Gasteiger partial charge on any atom is 0.264 e. The van der Waals surface area contributed by atoms with Crippen LogP contribution in [0, 0.1) is 13.8 Å². The molecule has 0 saturated heterocycles. The smallest absolute Gasteiger partial charge is 0.264 e. The summed E-state index contributed by atoms with van der Waals surface area (Å²) in [5, 5.41) is 2.98. The Kier molecular flexibility index (Phi) is 12.0. The van der Waals surface area contributed by atoms with Gasteiger partial charge in [-0.1, -0.05) is 91.3 Å². The van der Waals surface area contributed by atoms with Gasteiger partial charge in [0.1, 0.15) is 18.3 Å². The van der Waals surface area contributed by atoms with Crippen LogP contribution in [0.1, 0.15) is 42.5 Å². The third kappa shape index (κ3) is 8.54. The lowest BCUT2D eigenvalue weighted by atomic mass is 10.0. The molecule has 8 nitrogen and oxygen atoms in total. The molecular formula is C37H43N3O5S. The summed E-state index contributed by atoms with van der Waals surface area (Å²) in [4.78, 5) is 30.0. The Hall–Kier alpha value is -4.63. The van der Waals surface area contributed by atoms with Crippen LogP contribution in [0.4, 0.5) is 5.69 Å². The number of hydrogen-bond acceptors (Lipinski definition) is 5. The first-order valence-corrected chi connectivity index (χ1v) is 17.1. The zero-order valence-electron chi connectivity index (χ0n) is 27.0. The third-order valence-electron chi connectivity index (χ3n) is 7.74. The van der Waals surface area contributed by atoms with E-state index in [1.165, 1.54) is 17.0 Å². The summed E-state index contributed by atoms with van der Waals surface area (Å²) >= 11 is 0. The van der Waals surface area contributed by atoms with Crippen LogP contribution in [-0.2, 0) is 32.6 Å². The SMILES string of the molecule is CCCNC(=O)C(Cc1ccccc1)N(Cc1ccccc1C)C(=O)CN(c1ccccc1OCC)S(=O)(=O)c1ccc(C)cc1. The Morgan fingerprint density at radius 2 is 1.48 bits per heavy atom. The molecule has 0 aliphatic carbocycles. The van der Waals surface area contributed by atoms with Gasteiger partial charge in [0, 0.05) is 19.5 Å². The van der Waals surface area contributed by atoms with Crippen LogP contribution in [-0.4, -0.2) is 50.9 Å². The minimum absolute atomic E-state index is 0.0455. The zero-order valence-corrected chi connectivity index (χ0v) is 27.8. The number of rotatable bonds is 15. The standard InChI is InChI=1S/C37H43N3O5S/c1-5-24-38-37(42)34(25-30-15-8-7-9-16-30)39(26-31-17-11-10-14-29(31)4)36(41)27-40(33-18-12-13-19-35(33)45-6-2)46(43,44)32-22-20-28(3)21-23-32/h7-23,34H,5-6,24-27H2,1-4H3,(H,38,42). The molecule has 0 aliphatic heterocycles. The molecule has 1 unspecified atom stereocenters. The van der Waals surface area contributed by atoms with E-state index in [0.29, 0.717) is 18.9 Å². The van der Waals surface area contributed by atoms with Gasteiger partial charge in [-0.3, -0.25) is 13.9 Å². The van der Waals surface area contributed by atoms with Crippen molar-refractivity contribution in [3.05, 3.63) is 125 Å². The lowest BCUT2D eigenvalue weighted by molar-refractivity contribution is -0.140. The molecule has 1 N–H and O–H groups in total. The quantitative estimate of drug-likeness (QED) is 0.170. The number of para-hydroxylation sites is 2. The average Bonchev–Trinajstić information content (AvgIpc) is 3.06. The van der Waals surface area contributed by atoms with Crippen molar-refractivity contribution in [2.24, 2.45) is 0 Å². The first kappa shape index (κ1) is 34.2. The second-order valence-electron chi connectivity index (χ2n) is 11.2. The van der Waals surface area contributed by atoms with Gasteiger partial charge in [-0.05, 0) is 68.1 Å². The van der Waals surface area contributed by atoms with Gasteiger partial charge in [-0.2, -0.15) is 0 Å². The fourth-order valence-corrected chi connectivity index (χ4v) is 6.61. The summed E-state index contributed by atoms with van der Waals surface area (Å²) in [6.07, 6.45) is 0.987. The Labute approximate surface area is 273 Å². The number of carbonyl (C=O) groups excluding carboxylic acids is 2. The highest BCUT2D eigenvalue weighted by Gasteiger charge is 2.35. The maximum atomic E-state index is 14.7. The average molecular weight is 642 g/mol. The molecule has 4 aromatic rings. The summed E-state index contributed by atoms with van der Waals surface area (Å²) in [5.74, 6) is -0.478. The van der Waals surface area contributed by atoms with Crippen molar-refractivity contribution in [1.29, 1.82) is 0 Å². The summed E-state index contributed by atoms with van der Waals surface area (Å²) in [6, 6.07) is 29.6. The van der Waals surface area contributed by atoms with Crippen LogP contribution in [0.3, 0.4) is 0 Å². The van der Waals surface area contributed by atoms with Gasteiger partial charge >= 0.3 is 0 Å². The Balaban J connectivity index is 1.84. The highest BCUT2D eigenvalue weighted by atomic mass is 32.2. The van der Waals surface area contributed by atoms with Crippen molar-refractivity contribution in [2.75, 3.05) is 24.0 Å². The lowest BCUT2D eigenvalue weighted by Gasteiger charge is -2.34. The molecule has 9 heteroatoms. The number of carbonyl (C=O) groups is 2. The van der Waals surface area contributed by atoms with Gasteiger partial charge in [0.15, 0.2) is 0 Å². The number of sulfonamides is 1. The number of nitrogens with one attached hydrogen (secondary N) is 1. The molecule has 0 heterocycles. The van der Waals surface area contributed by atoms with Crippen molar-refractivity contribution in [3.8, 4) is 5.75 Å². The molecule has 1 atom stereocenters. The van der Waals surface area contributed by atoms with Crippen molar-refractivity contribution in [2.45, 2.75) is 58.0 Å². The molecule has 0 saturated carbocycles. The Morgan fingerprint density at radius 1 is 0.826 bits per heavy atom. The molecule has 2 amide bonds. The molecule has 0 bridgehead atoms. The number of anilines is 1. The molecular weight excluding hydrogens is 598 g/mol. The number of benzene rings is 4. The van der Waals surface area contributed by atoms with E-state index >= 15 is 0 Å². The van der Waals surface area contributed by atoms with E-state index in [1.807, 2.05) is 82.3 Å². The van der Waals surface area contributed by atoms with E-state index in [4.69, 9.17) is 4.74 Å². The summed E-state index contributed by atoms with van der Waals surface area (Å²) in [5.41, 5.74) is 3.85. The van der Waals surface area contributed by atoms with Crippen molar-refractivity contribution in [1.82, 2.24) is 10.2 Å². The third-order valence-corrected chi connectivity index (χ3v) is 9.52. The summed E-state index contributed by atoms with van der Waals surface area (Å²) < 4.78 is 35.6. The summed E-state index contributed by atoms with van der Waals surface area (Å²) in [6.45, 7) is 7.94. The van der Waals surface area contributed by atoms with E-state index in [9.17, 15) is 18.0 Å². The second kappa shape index (κ2) is 16.1. The molecule has 0 spiro atoms. The van der Waals surface area contributed by atoms with E-state index in [0.717, 1.165) is 33.0 Å². The van der Waals surface area contributed by atoms with Crippen molar-refractivity contribution in [3.63, 3.8) is 0 Å². The highest BCUT2D eigenvalue weighted by molar-refractivity contribution is 7.92. The molecule has 0 radical (unpaired) electrons. The molecule has 0 fully saturated rings. The molecule has 0 aromatic heterocycles. The van der Waals surface area contributed by atoms with Gasteiger partial charge in [-0.25, -0.2) is 8.42 Å². The molecule has 46 heavy (non-hydrogen) atoms. The highest BCUT2D eigenvalue weighted by Crippen LogP contribution is 2.33. The van der Waals surface area contributed by atoms with Crippen LogP contribution < -0.4 is 14.4 Å². The number of ether oxygens (including phenoxy) is 1. The van der Waals surface area contributed by atoms with E-state index in [1.54, 1.807) is 36.4 Å². The maximum absolute atomic E-state index is 14.7. The van der Waals surface area contributed by atoms with Crippen LogP contribution in [0.5, 0.6) is 5.75 Å². The fourth-order valence-electron chi connectivity index (χ4n) is 5.18. The minimum atomic E-state index is -4.24. The topological polar surface area (TPSA) is 96.0 Å². The van der Waals surface area contributed by atoms with E-state index < -0.39 is 28.5 Å². The van der Waals surface area contributed by atoms with Gasteiger partial charge in [0.2, 0.25) is 11.8 Å². The minimum Gasteiger partial charge on any atom is -0.492 e. The first-order chi connectivity index (χ1) is 22.1. The number of amides is 2. The Morgan fingerprint density at radius 3 is 2.15 bits per heavy atom. The van der Waals surface area contributed by atoms with Gasteiger partial charge in [0.05, 0.1) is 17.2 Å². The molecule has 242 valence electrons. The fraction of sp³-hybridized carbons (Fsp3) is 0.297. The van der Waals surface area contributed by atoms with E-state index in [-0.39, 0.29) is 29.5 Å². The van der Waals surface area contributed by atoms with Gasteiger partial charge in [-0.15, -0.1) is 0 Å². The lowest BCUT2D eigenvalue weighted by Crippen LogP contribution is -2.53. The van der Waals surface area contributed by atoms with Gasteiger partial charge < -0.3 is 15.0 Å². The van der Waals surface area contributed by atoms with Crippen LogP contribution >= 0.6 is 0 Å². The molecule has 4 aromatic carbocycles. The Bertz CT molecular complexity index is 1710. The first-order valence-electron chi connectivity index (χ1n) is 15.6. The summed E-state index contributed by atoms with van der Waals surface area (Å²) in [7, 11) is -4.24. The van der Waals surface area contributed by atoms with Crippen LogP contribution in [0.15, 0.2) is 108 Å². The van der Waals surface area contributed by atoms with Gasteiger partial charge in [0.25, 0.3) is 10.0 Å². The monoisotopic (exact) mass is 641 g/mol. The number of nitrogens with zero attached hydrogens (tertiary/aromatic N) is 2. The number of aryl methyl sites for hydroxylation is 2. The van der Waals surface area contributed by atoms with Crippen molar-refractivity contribution < 1.29 is 22.7 Å². The predicted molar refractivity (Wildman–Crippen MR) is 182 cm³/mol. The molecule has 4 rings (SSSR count).